The molecule has 1 aliphatic heterocycles. The number of carbonyl (C=O) groups excluding carboxylic acids is 2. The first-order valence-corrected chi connectivity index (χ1v) is 8.34. The second-order valence-corrected chi connectivity index (χ2v) is 6.67. The van der Waals surface area contributed by atoms with E-state index in [0.717, 1.165) is 23.4 Å². The molecule has 3 rings (SSSR count). The zero-order chi connectivity index (χ0) is 16.4. The molecule has 1 saturated heterocycles. The van der Waals surface area contributed by atoms with E-state index in [1.165, 1.54) is 11.3 Å². The highest BCUT2D eigenvalue weighted by Crippen LogP contribution is 2.29. The van der Waals surface area contributed by atoms with Gasteiger partial charge in [0.1, 0.15) is 9.88 Å². The van der Waals surface area contributed by atoms with Gasteiger partial charge >= 0.3 is 0 Å². The maximum absolute atomic E-state index is 12.8. The Morgan fingerprint density at radius 2 is 2.26 bits per heavy atom. The molecule has 1 atom stereocenters. The quantitative estimate of drug-likeness (QED) is 0.930. The van der Waals surface area contributed by atoms with Crippen LogP contribution in [0.1, 0.15) is 28.2 Å². The van der Waals surface area contributed by atoms with Crippen LogP contribution in [0.3, 0.4) is 0 Å². The monoisotopic (exact) mass is 330 g/mol. The lowest BCUT2D eigenvalue weighted by Gasteiger charge is -2.30. The molecule has 0 aliphatic carbocycles. The van der Waals surface area contributed by atoms with E-state index in [-0.39, 0.29) is 17.7 Å². The molecule has 2 aromatic heterocycles. The molecule has 3 heterocycles. The van der Waals surface area contributed by atoms with E-state index in [9.17, 15) is 9.59 Å². The second kappa shape index (κ2) is 6.45. The summed E-state index contributed by atoms with van der Waals surface area (Å²) < 4.78 is 0. The Hall–Kier alpha value is -2.28. The zero-order valence-corrected chi connectivity index (χ0v) is 13.7. The lowest BCUT2D eigenvalue weighted by molar-refractivity contribution is -0.123. The normalized spacial score (nSPS) is 18.0. The number of hydrogen-bond donors (Lipinski definition) is 1. The fraction of sp³-hybridized carbons (Fsp3) is 0.375. The van der Waals surface area contributed by atoms with Crippen LogP contribution < -0.4 is 5.73 Å². The molecule has 2 amide bonds. The number of nitrogens with zero attached hydrogens (tertiary/aromatic N) is 3. The van der Waals surface area contributed by atoms with Crippen molar-refractivity contribution >= 4 is 23.2 Å². The highest BCUT2D eigenvalue weighted by Gasteiger charge is 2.29. The van der Waals surface area contributed by atoms with Gasteiger partial charge in [-0.2, -0.15) is 0 Å². The number of thiazole rings is 1. The first-order valence-electron chi connectivity index (χ1n) is 7.52. The van der Waals surface area contributed by atoms with Gasteiger partial charge in [0.2, 0.25) is 5.91 Å². The standard InChI is InChI=1S/C16H18N4O2S/c1-10-13(23-15(19-10)11-4-2-6-18-8-11)16(22)20-7-3-5-12(9-20)14(17)21/h2,4,6,8,12H,3,5,7,9H2,1H3,(H2,17,21). The Balaban J connectivity index is 1.83. The molecule has 2 aromatic rings. The molecule has 0 spiro atoms. The van der Waals surface area contributed by atoms with Crippen LogP contribution in [0, 0.1) is 12.8 Å². The van der Waals surface area contributed by atoms with Gasteiger partial charge in [0.05, 0.1) is 11.6 Å². The number of piperidine rings is 1. The second-order valence-electron chi connectivity index (χ2n) is 5.67. The van der Waals surface area contributed by atoms with Gasteiger partial charge in [0.15, 0.2) is 0 Å². The van der Waals surface area contributed by atoms with E-state index in [1.54, 1.807) is 17.3 Å². The van der Waals surface area contributed by atoms with Crippen LogP contribution >= 0.6 is 11.3 Å². The number of likely N-dealkylation sites (tertiary alicyclic amines) is 1. The lowest BCUT2D eigenvalue weighted by Crippen LogP contribution is -2.44. The fourth-order valence-electron chi connectivity index (χ4n) is 2.75. The molecular formula is C16H18N4O2S. The molecule has 1 fully saturated rings. The van der Waals surface area contributed by atoms with Gasteiger partial charge in [0.25, 0.3) is 5.91 Å². The van der Waals surface area contributed by atoms with Crippen molar-refractivity contribution in [3.63, 3.8) is 0 Å². The van der Waals surface area contributed by atoms with Crippen LogP contribution in [0.25, 0.3) is 10.6 Å². The Morgan fingerprint density at radius 1 is 1.43 bits per heavy atom. The summed E-state index contributed by atoms with van der Waals surface area (Å²) in [4.78, 5) is 35.1. The summed E-state index contributed by atoms with van der Waals surface area (Å²) >= 11 is 1.37. The van der Waals surface area contributed by atoms with E-state index in [2.05, 4.69) is 9.97 Å². The Labute approximate surface area is 138 Å². The van der Waals surface area contributed by atoms with Crippen molar-refractivity contribution in [3.05, 3.63) is 35.1 Å². The highest BCUT2D eigenvalue weighted by molar-refractivity contribution is 7.17. The summed E-state index contributed by atoms with van der Waals surface area (Å²) in [6, 6.07) is 3.76. The number of aryl methyl sites for hydroxylation is 1. The molecule has 120 valence electrons. The van der Waals surface area contributed by atoms with Gasteiger partial charge < -0.3 is 10.6 Å². The summed E-state index contributed by atoms with van der Waals surface area (Å²) in [6.45, 7) is 2.88. The van der Waals surface area contributed by atoms with Crippen molar-refractivity contribution in [3.8, 4) is 10.6 Å². The zero-order valence-electron chi connectivity index (χ0n) is 12.9. The molecule has 1 aliphatic rings. The molecule has 1 unspecified atom stereocenters. The molecule has 2 N–H and O–H groups in total. The SMILES string of the molecule is Cc1nc(-c2cccnc2)sc1C(=O)N1CCCC(C(N)=O)C1. The smallest absolute Gasteiger partial charge is 0.265 e. The average Bonchev–Trinajstić information content (AvgIpc) is 2.97. The topological polar surface area (TPSA) is 89.2 Å². The average molecular weight is 330 g/mol. The fourth-order valence-corrected chi connectivity index (χ4v) is 3.77. The number of pyridine rings is 1. The van der Waals surface area contributed by atoms with Crippen molar-refractivity contribution in [2.75, 3.05) is 13.1 Å². The number of amides is 2. The van der Waals surface area contributed by atoms with Crippen molar-refractivity contribution in [1.29, 1.82) is 0 Å². The van der Waals surface area contributed by atoms with Gasteiger partial charge in [-0.25, -0.2) is 4.98 Å². The van der Waals surface area contributed by atoms with E-state index in [4.69, 9.17) is 5.73 Å². The maximum atomic E-state index is 12.8. The third kappa shape index (κ3) is 3.24. The number of primary amides is 1. The van der Waals surface area contributed by atoms with Gasteiger partial charge in [-0.15, -0.1) is 11.3 Å². The summed E-state index contributed by atoms with van der Waals surface area (Å²) in [5, 5.41) is 0.780. The maximum Gasteiger partial charge on any atom is 0.265 e. The van der Waals surface area contributed by atoms with E-state index in [0.29, 0.717) is 23.7 Å². The minimum absolute atomic E-state index is 0.0684. The summed E-state index contributed by atoms with van der Waals surface area (Å²) in [7, 11) is 0. The van der Waals surface area contributed by atoms with Crippen molar-refractivity contribution in [1.82, 2.24) is 14.9 Å². The molecular weight excluding hydrogens is 312 g/mol. The van der Waals surface area contributed by atoms with Crippen LogP contribution in [0.15, 0.2) is 24.5 Å². The van der Waals surface area contributed by atoms with Gasteiger partial charge in [-0.05, 0) is 31.9 Å². The largest absolute Gasteiger partial charge is 0.369 e. The van der Waals surface area contributed by atoms with Crippen LogP contribution in [0.2, 0.25) is 0 Å². The van der Waals surface area contributed by atoms with Crippen molar-refractivity contribution in [2.24, 2.45) is 11.7 Å². The lowest BCUT2D eigenvalue weighted by atomic mass is 9.97. The third-order valence-corrected chi connectivity index (χ3v) is 5.20. The van der Waals surface area contributed by atoms with E-state index in [1.807, 2.05) is 19.1 Å². The van der Waals surface area contributed by atoms with E-state index >= 15 is 0 Å². The van der Waals surface area contributed by atoms with E-state index < -0.39 is 0 Å². The summed E-state index contributed by atoms with van der Waals surface area (Å²) in [6.07, 6.45) is 4.98. The summed E-state index contributed by atoms with van der Waals surface area (Å²) in [5.74, 6) is -0.653. The number of rotatable bonds is 3. The highest BCUT2D eigenvalue weighted by atomic mass is 32.1. The molecule has 0 bridgehead atoms. The Bertz CT molecular complexity index is 729. The molecule has 6 nitrogen and oxygen atoms in total. The first kappa shape index (κ1) is 15.6. The third-order valence-electron chi connectivity index (χ3n) is 4.01. The number of nitrogens with two attached hydrogens (primary N) is 1. The molecule has 23 heavy (non-hydrogen) atoms. The number of hydrogen-bond acceptors (Lipinski definition) is 5. The van der Waals surface area contributed by atoms with Crippen LogP contribution in [-0.4, -0.2) is 39.8 Å². The molecule has 0 aromatic carbocycles. The molecule has 0 saturated carbocycles. The van der Waals surface area contributed by atoms with Gasteiger partial charge in [-0.1, -0.05) is 0 Å². The van der Waals surface area contributed by atoms with Gasteiger partial charge in [0, 0.05) is 31.0 Å². The Morgan fingerprint density at radius 3 is 2.96 bits per heavy atom. The van der Waals surface area contributed by atoms with Crippen LogP contribution in [0.5, 0.6) is 0 Å². The Kier molecular flexibility index (Phi) is 4.38. The molecule has 0 radical (unpaired) electrons. The van der Waals surface area contributed by atoms with Crippen molar-refractivity contribution in [2.45, 2.75) is 19.8 Å². The number of carbonyl (C=O) groups is 2. The minimum atomic E-state index is -0.334. The predicted octanol–water partition coefficient (Wildman–Crippen LogP) is 1.85. The minimum Gasteiger partial charge on any atom is -0.369 e. The number of aromatic nitrogens is 2. The predicted molar refractivity (Wildman–Crippen MR) is 87.9 cm³/mol. The van der Waals surface area contributed by atoms with Gasteiger partial charge in [-0.3, -0.25) is 14.6 Å². The molecule has 7 heteroatoms. The summed E-state index contributed by atoms with van der Waals surface area (Å²) in [5.41, 5.74) is 6.99. The van der Waals surface area contributed by atoms with Crippen molar-refractivity contribution < 1.29 is 9.59 Å². The first-order chi connectivity index (χ1) is 11.1. The van der Waals surface area contributed by atoms with Crippen LogP contribution in [0.4, 0.5) is 0 Å². The van der Waals surface area contributed by atoms with Crippen LogP contribution in [-0.2, 0) is 4.79 Å².